The monoisotopic (exact) mass is 368 g/mol. The van der Waals surface area contributed by atoms with Crippen LogP contribution in [0.4, 0.5) is 4.79 Å². The molecule has 0 aromatic carbocycles. The van der Waals surface area contributed by atoms with E-state index in [1.165, 1.54) is 6.42 Å². The normalized spacial score (nSPS) is 23.2. The largest absolute Gasteiger partial charge is 0.480 e. The van der Waals surface area contributed by atoms with E-state index >= 15 is 0 Å². The van der Waals surface area contributed by atoms with Crippen molar-refractivity contribution in [3.63, 3.8) is 0 Å². The number of aliphatic carboxylic acids is 1. The van der Waals surface area contributed by atoms with E-state index in [1.807, 2.05) is 18.9 Å². The third-order valence-corrected chi connectivity index (χ3v) is 5.63. The molecule has 2 rings (SSSR count). The zero-order valence-electron chi connectivity index (χ0n) is 15.9. The first kappa shape index (κ1) is 20.5. The number of carbonyl (C=O) groups is 3. The minimum absolute atomic E-state index is 0.00901. The molecule has 0 radical (unpaired) electrons. The lowest BCUT2D eigenvalue weighted by Gasteiger charge is -2.42. The Morgan fingerprint density at radius 3 is 2.31 bits per heavy atom. The van der Waals surface area contributed by atoms with Gasteiger partial charge in [0, 0.05) is 25.2 Å². The van der Waals surface area contributed by atoms with Crippen molar-refractivity contribution in [3.05, 3.63) is 0 Å². The van der Waals surface area contributed by atoms with Crippen molar-refractivity contribution >= 4 is 17.9 Å². The van der Waals surface area contributed by atoms with Crippen LogP contribution in [0.25, 0.3) is 0 Å². The second kappa shape index (κ2) is 9.75. The lowest BCUT2D eigenvalue weighted by atomic mass is 9.85. The lowest BCUT2D eigenvalue weighted by molar-refractivity contribution is -0.139. The van der Waals surface area contributed by atoms with Crippen molar-refractivity contribution in [2.75, 3.05) is 26.7 Å². The van der Waals surface area contributed by atoms with Gasteiger partial charge in [0.25, 0.3) is 0 Å². The molecular weight excluding hydrogens is 336 g/mol. The molecule has 2 aliphatic carbocycles. The number of nitrogens with one attached hydrogen (secondary N) is 2. The molecule has 0 spiro atoms. The molecule has 26 heavy (non-hydrogen) atoms. The molecule has 3 N–H and O–H groups in total. The Labute approximate surface area is 155 Å². The van der Waals surface area contributed by atoms with E-state index in [4.69, 9.17) is 5.11 Å². The molecule has 0 atom stereocenters. The number of likely N-dealkylation sites (N-methyl/N-ethyl adjacent to an activating group) is 2. The van der Waals surface area contributed by atoms with Crippen LogP contribution in [0.1, 0.15) is 51.9 Å². The second-order valence-electron chi connectivity index (χ2n) is 7.40. The fraction of sp³-hybridized carbons (Fsp3) is 0.833. The maximum Gasteiger partial charge on any atom is 0.317 e. The van der Waals surface area contributed by atoms with Crippen LogP contribution in [0.15, 0.2) is 0 Å². The first-order chi connectivity index (χ1) is 12.4. The van der Waals surface area contributed by atoms with Gasteiger partial charge in [0.05, 0.1) is 13.1 Å². The molecule has 8 heteroatoms. The fourth-order valence-corrected chi connectivity index (χ4v) is 3.87. The van der Waals surface area contributed by atoms with E-state index < -0.39 is 5.97 Å². The van der Waals surface area contributed by atoms with Gasteiger partial charge in [-0.15, -0.1) is 0 Å². The summed E-state index contributed by atoms with van der Waals surface area (Å²) in [5.74, 6) is -0.890. The van der Waals surface area contributed by atoms with Gasteiger partial charge in [-0.1, -0.05) is 26.2 Å². The number of rotatable bonds is 8. The van der Waals surface area contributed by atoms with Gasteiger partial charge in [-0.05, 0) is 32.2 Å². The minimum Gasteiger partial charge on any atom is -0.480 e. The van der Waals surface area contributed by atoms with E-state index in [1.54, 1.807) is 4.90 Å². The zero-order chi connectivity index (χ0) is 19.1. The summed E-state index contributed by atoms with van der Waals surface area (Å²) in [6.45, 7) is 2.65. The Hall–Kier alpha value is -1.83. The number of urea groups is 1. The van der Waals surface area contributed by atoms with Crippen molar-refractivity contribution in [1.29, 1.82) is 0 Å². The summed E-state index contributed by atoms with van der Waals surface area (Å²) in [5, 5.41) is 14.4. The Kier molecular flexibility index (Phi) is 7.68. The highest BCUT2D eigenvalue weighted by molar-refractivity contribution is 5.84. The van der Waals surface area contributed by atoms with E-state index in [0.29, 0.717) is 12.6 Å². The summed E-state index contributed by atoms with van der Waals surface area (Å²) >= 11 is 0. The number of carboxylic acid groups (broad SMARTS) is 1. The molecule has 2 fully saturated rings. The van der Waals surface area contributed by atoms with Gasteiger partial charge >= 0.3 is 12.0 Å². The van der Waals surface area contributed by atoms with Crippen molar-refractivity contribution in [2.45, 2.75) is 70.0 Å². The quantitative estimate of drug-likeness (QED) is 0.594. The van der Waals surface area contributed by atoms with Gasteiger partial charge in [-0.2, -0.15) is 0 Å². The van der Waals surface area contributed by atoms with Crippen LogP contribution in [0.2, 0.25) is 0 Å². The van der Waals surface area contributed by atoms with Crippen molar-refractivity contribution in [3.8, 4) is 0 Å². The highest BCUT2D eigenvalue weighted by Gasteiger charge is 2.34. The van der Waals surface area contributed by atoms with Crippen molar-refractivity contribution in [1.82, 2.24) is 20.4 Å². The van der Waals surface area contributed by atoms with E-state index in [9.17, 15) is 14.4 Å². The van der Waals surface area contributed by atoms with Crippen LogP contribution in [0.5, 0.6) is 0 Å². The highest BCUT2D eigenvalue weighted by Crippen LogP contribution is 2.25. The molecular formula is C18H32N4O4. The molecule has 0 saturated heterocycles. The summed E-state index contributed by atoms with van der Waals surface area (Å²) in [4.78, 5) is 38.7. The SMILES string of the molecule is CCN(CC(=O)O)C1CC(NC(=O)NCC(=O)N(C)C2CCCCC2)C1. The number of carbonyl (C=O) groups excluding carboxylic acids is 2. The molecule has 3 amide bonds. The third kappa shape index (κ3) is 5.86. The molecule has 148 valence electrons. The average molecular weight is 368 g/mol. The maximum atomic E-state index is 12.2. The number of hydrogen-bond acceptors (Lipinski definition) is 4. The molecule has 0 unspecified atom stereocenters. The van der Waals surface area contributed by atoms with Crippen LogP contribution in [-0.4, -0.2) is 77.6 Å². The predicted octanol–water partition coefficient (Wildman–Crippen LogP) is 1.01. The number of nitrogens with zero attached hydrogens (tertiary/aromatic N) is 2. The highest BCUT2D eigenvalue weighted by atomic mass is 16.4. The molecule has 0 bridgehead atoms. The Morgan fingerprint density at radius 1 is 1.08 bits per heavy atom. The molecule has 0 heterocycles. The minimum atomic E-state index is -0.832. The Morgan fingerprint density at radius 2 is 1.73 bits per heavy atom. The van der Waals surface area contributed by atoms with Gasteiger partial charge in [0.15, 0.2) is 0 Å². The van der Waals surface area contributed by atoms with Gasteiger partial charge in [-0.25, -0.2) is 4.79 Å². The Bertz CT molecular complexity index is 501. The molecule has 8 nitrogen and oxygen atoms in total. The molecule has 0 aromatic rings. The second-order valence-corrected chi connectivity index (χ2v) is 7.40. The predicted molar refractivity (Wildman–Crippen MR) is 97.9 cm³/mol. The summed E-state index contributed by atoms with van der Waals surface area (Å²) < 4.78 is 0. The van der Waals surface area contributed by atoms with Crippen LogP contribution in [0.3, 0.4) is 0 Å². The summed E-state index contributed by atoms with van der Waals surface area (Å²) in [7, 11) is 1.82. The van der Waals surface area contributed by atoms with Crippen molar-refractivity contribution in [2.24, 2.45) is 0 Å². The summed E-state index contributed by atoms with van der Waals surface area (Å²) in [6, 6.07) is 0.192. The molecule has 2 aliphatic rings. The Balaban J connectivity index is 1.63. The molecule has 0 aromatic heterocycles. The molecule has 2 saturated carbocycles. The summed E-state index contributed by atoms with van der Waals surface area (Å²) in [6.07, 6.45) is 7.13. The topological polar surface area (TPSA) is 102 Å². The van der Waals surface area contributed by atoms with E-state index in [0.717, 1.165) is 38.5 Å². The third-order valence-electron chi connectivity index (χ3n) is 5.63. The van der Waals surface area contributed by atoms with Gasteiger partial charge < -0.3 is 20.6 Å². The van der Waals surface area contributed by atoms with Gasteiger partial charge in [0.2, 0.25) is 5.91 Å². The standard InChI is InChI=1S/C18H32N4O4/c1-3-22(12-17(24)25)15-9-13(10-15)20-18(26)19-11-16(23)21(2)14-7-5-4-6-8-14/h13-15H,3-12H2,1-2H3,(H,24,25)(H2,19,20,26). The smallest absolute Gasteiger partial charge is 0.317 e. The van der Waals surface area contributed by atoms with Crippen LogP contribution in [0, 0.1) is 0 Å². The van der Waals surface area contributed by atoms with Gasteiger partial charge in [0.1, 0.15) is 0 Å². The van der Waals surface area contributed by atoms with Crippen LogP contribution < -0.4 is 10.6 Å². The average Bonchev–Trinajstić information content (AvgIpc) is 2.60. The van der Waals surface area contributed by atoms with Crippen LogP contribution in [-0.2, 0) is 9.59 Å². The number of amides is 3. The fourth-order valence-electron chi connectivity index (χ4n) is 3.87. The van der Waals surface area contributed by atoms with E-state index in [-0.39, 0.29) is 37.1 Å². The molecule has 0 aliphatic heterocycles. The maximum absolute atomic E-state index is 12.2. The summed E-state index contributed by atoms with van der Waals surface area (Å²) in [5.41, 5.74) is 0. The number of hydrogen-bond donors (Lipinski definition) is 3. The van der Waals surface area contributed by atoms with Crippen molar-refractivity contribution < 1.29 is 19.5 Å². The van der Waals surface area contributed by atoms with E-state index in [2.05, 4.69) is 10.6 Å². The lowest BCUT2D eigenvalue weighted by Crippen LogP contribution is -2.57. The zero-order valence-corrected chi connectivity index (χ0v) is 15.9. The van der Waals surface area contributed by atoms with Gasteiger partial charge in [-0.3, -0.25) is 14.5 Å². The number of carboxylic acids is 1. The first-order valence-electron chi connectivity index (χ1n) is 9.66. The van der Waals surface area contributed by atoms with Crippen LogP contribution >= 0.6 is 0 Å². The first-order valence-corrected chi connectivity index (χ1v) is 9.66.